The minimum atomic E-state index is -1.05. The summed E-state index contributed by atoms with van der Waals surface area (Å²) in [5.41, 5.74) is 0.360. The van der Waals surface area contributed by atoms with Crippen LogP contribution in [0, 0.1) is 12.7 Å². The molecule has 1 N–H and O–H groups in total. The molecule has 0 aliphatic rings. The second-order valence-corrected chi connectivity index (χ2v) is 4.51. The number of aryl methyl sites for hydroxylation is 1. The van der Waals surface area contributed by atoms with Crippen molar-refractivity contribution in [1.82, 2.24) is 9.97 Å². The van der Waals surface area contributed by atoms with Gasteiger partial charge in [-0.3, -0.25) is 0 Å². The van der Waals surface area contributed by atoms with Gasteiger partial charge in [0.2, 0.25) is 0 Å². The minimum absolute atomic E-state index is 0.121. The predicted molar refractivity (Wildman–Crippen MR) is 64.3 cm³/mol. The van der Waals surface area contributed by atoms with Gasteiger partial charge in [-0.25, -0.2) is 19.2 Å². The normalized spacial score (nSPS) is 10.3. The van der Waals surface area contributed by atoms with E-state index in [1.165, 1.54) is 19.3 Å². The molecule has 18 heavy (non-hydrogen) atoms. The summed E-state index contributed by atoms with van der Waals surface area (Å²) in [4.78, 5) is 19.0. The fraction of sp³-hybridized carbons (Fsp3) is 0.0833. The van der Waals surface area contributed by atoms with Crippen molar-refractivity contribution < 1.29 is 14.3 Å². The van der Waals surface area contributed by atoms with E-state index in [1.807, 2.05) is 0 Å². The van der Waals surface area contributed by atoms with Gasteiger partial charge in [0, 0.05) is 4.90 Å². The second kappa shape index (κ2) is 5.14. The molecule has 0 spiro atoms. The van der Waals surface area contributed by atoms with E-state index < -0.39 is 11.8 Å². The molecule has 0 amide bonds. The van der Waals surface area contributed by atoms with Gasteiger partial charge in [0.1, 0.15) is 11.4 Å². The van der Waals surface area contributed by atoms with Crippen LogP contribution < -0.4 is 0 Å². The molecule has 0 aliphatic heterocycles. The molecular weight excluding hydrogens is 255 g/mol. The molecule has 0 aliphatic carbocycles. The van der Waals surface area contributed by atoms with Gasteiger partial charge in [-0.05, 0) is 19.1 Å². The zero-order valence-electron chi connectivity index (χ0n) is 9.42. The number of benzene rings is 1. The molecule has 0 atom stereocenters. The van der Waals surface area contributed by atoms with Crippen LogP contribution in [0.3, 0.4) is 0 Å². The zero-order valence-corrected chi connectivity index (χ0v) is 10.2. The molecule has 0 fully saturated rings. The highest BCUT2D eigenvalue weighted by molar-refractivity contribution is 7.99. The molecular formula is C12H9FN2O2S. The van der Waals surface area contributed by atoms with E-state index >= 15 is 0 Å². The van der Waals surface area contributed by atoms with Crippen molar-refractivity contribution in [3.8, 4) is 0 Å². The smallest absolute Gasteiger partial charge is 0.336 e. The summed E-state index contributed by atoms with van der Waals surface area (Å²) >= 11 is 0.976. The molecule has 0 unspecified atom stereocenters. The lowest BCUT2D eigenvalue weighted by molar-refractivity contribution is 0.0693. The lowest BCUT2D eigenvalue weighted by atomic mass is 10.2. The van der Waals surface area contributed by atoms with E-state index in [4.69, 9.17) is 5.11 Å². The third kappa shape index (κ3) is 2.48. The quantitative estimate of drug-likeness (QED) is 0.864. The number of rotatable bonds is 3. The molecule has 6 heteroatoms. The van der Waals surface area contributed by atoms with Crippen LogP contribution in [-0.4, -0.2) is 21.0 Å². The monoisotopic (exact) mass is 264 g/mol. The average molecular weight is 264 g/mol. The molecule has 2 rings (SSSR count). The van der Waals surface area contributed by atoms with E-state index in [0.29, 0.717) is 4.90 Å². The summed E-state index contributed by atoms with van der Waals surface area (Å²) in [6.45, 7) is 1.53. The van der Waals surface area contributed by atoms with Crippen molar-refractivity contribution in [1.29, 1.82) is 0 Å². The Morgan fingerprint density at radius 1 is 1.33 bits per heavy atom. The Morgan fingerprint density at radius 2 is 2.06 bits per heavy atom. The zero-order chi connectivity index (χ0) is 13.1. The number of carbonyl (C=O) groups is 1. The molecule has 1 heterocycles. The van der Waals surface area contributed by atoms with Crippen LogP contribution in [0.1, 0.15) is 16.1 Å². The van der Waals surface area contributed by atoms with Crippen molar-refractivity contribution in [3.63, 3.8) is 0 Å². The van der Waals surface area contributed by atoms with Gasteiger partial charge < -0.3 is 5.11 Å². The van der Waals surface area contributed by atoms with Crippen LogP contribution in [0.4, 0.5) is 4.39 Å². The molecule has 0 saturated carbocycles. The third-order valence-electron chi connectivity index (χ3n) is 2.26. The first-order valence-corrected chi connectivity index (χ1v) is 5.88. The van der Waals surface area contributed by atoms with Crippen LogP contribution in [0.2, 0.25) is 0 Å². The van der Waals surface area contributed by atoms with E-state index in [2.05, 4.69) is 9.97 Å². The van der Waals surface area contributed by atoms with Crippen LogP contribution in [0.15, 0.2) is 40.5 Å². The Balaban J connectivity index is 2.40. The van der Waals surface area contributed by atoms with Gasteiger partial charge in [0.25, 0.3) is 0 Å². The maximum atomic E-state index is 13.7. The number of hydrogen-bond donors (Lipinski definition) is 1. The maximum Gasteiger partial charge on any atom is 0.336 e. The van der Waals surface area contributed by atoms with E-state index in [9.17, 15) is 9.18 Å². The van der Waals surface area contributed by atoms with Gasteiger partial charge in [-0.15, -0.1) is 0 Å². The Labute approximate surface area is 107 Å². The van der Waals surface area contributed by atoms with Gasteiger partial charge in [-0.1, -0.05) is 23.9 Å². The lowest BCUT2D eigenvalue weighted by Gasteiger charge is -2.06. The first-order chi connectivity index (χ1) is 8.59. The highest BCUT2D eigenvalue weighted by Gasteiger charge is 2.14. The first-order valence-electron chi connectivity index (χ1n) is 5.07. The number of nitrogens with zero attached hydrogens (tertiary/aromatic N) is 2. The van der Waals surface area contributed by atoms with E-state index in [-0.39, 0.29) is 16.3 Å². The average Bonchev–Trinajstić information content (AvgIpc) is 2.35. The summed E-state index contributed by atoms with van der Waals surface area (Å²) in [5.74, 6) is -1.58. The standard InChI is InChI=1S/C12H9FN2O2S/c1-7-10(13)11(15-6-14-7)18-9-5-3-2-4-8(9)12(16)17/h2-6H,1H3,(H,16,17). The number of hydrogen-bond acceptors (Lipinski definition) is 4. The lowest BCUT2D eigenvalue weighted by Crippen LogP contribution is -1.99. The van der Waals surface area contributed by atoms with Gasteiger partial charge in [-0.2, -0.15) is 0 Å². The van der Waals surface area contributed by atoms with Crippen LogP contribution in [0.5, 0.6) is 0 Å². The van der Waals surface area contributed by atoms with E-state index in [1.54, 1.807) is 18.2 Å². The topological polar surface area (TPSA) is 63.1 Å². The van der Waals surface area contributed by atoms with Crippen molar-refractivity contribution in [2.75, 3.05) is 0 Å². The fourth-order valence-electron chi connectivity index (χ4n) is 1.34. The minimum Gasteiger partial charge on any atom is -0.478 e. The van der Waals surface area contributed by atoms with Crippen molar-refractivity contribution in [2.24, 2.45) is 0 Å². The molecule has 4 nitrogen and oxygen atoms in total. The fourth-order valence-corrected chi connectivity index (χ4v) is 2.30. The number of carboxylic acids is 1. The number of halogens is 1. The number of aromatic carboxylic acids is 1. The van der Waals surface area contributed by atoms with Crippen molar-refractivity contribution in [3.05, 3.63) is 47.7 Å². The molecule has 2 aromatic rings. The number of aromatic nitrogens is 2. The largest absolute Gasteiger partial charge is 0.478 e. The van der Waals surface area contributed by atoms with Crippen molar-refractivity contribution >= 4 is 17.7 Å². The highest BCUT2D eigenvalue weighted by atomic mass is 32.2. The van der Waals surface area contributed by atoms with Gasteiger partial charge in [0.05, 0.1) is 11.3 Å². The molecule has 1 aromatic carbocycles. The second-order valence-electron chi connectivity index (χ2n) is 3.48. The summed E-state index contributed by atoms with van der Waals surface area (Å²) in [6.07, 6.45) is 1.25. The Morgan fingerprint density at radius 3 is 2.78 bits per heavy atom. The van der Waals surface area contributed by atoms with Crippen LogP contribution >= 0.6 is 11.8 Å². The number of carboxylic acid groups (broad SMARTS) is 1. The molecule has 92 valence electrons. The van der Waals surface area contributed by atoms with Gasteiger partial charge in [0.15, 0.2) is 5.82 Å². The Hall–Kier alpha value is -1.95. The third-order valence-corrected chi connectivity index (χ3v) is 3.31. The molecule has 0 saturated heterocycles. The summed E-state index contributed by atoms with van der Waals surface area (Å²) in [7, 11) is 0. The van der Waals surface area contributed by atoms with Crippen molar-refractivity contribution in [2.45, 2.75) is 16.8 Å². The Bertz CT molecular complexity index is 604. The predicted octanol–water partition coefficient (Wildman–Crippen LogP) is 2.77. The first kappa shape index (κ1) is 12.5. The summed E-state index contributed by atoms with van der Waals surface area (Å²) in [6, 6.07) is 6.40. The Kier molecular flexibility index (Phi) is 3.57. The maximum absolute atomic E-state index is 13.7. The molecule has 0 bridgehead atoms. The van der Waals surface area contributed by atoms with Crippen LogP contribution in [-0.2, 0) is 0 Å². The summed E-state index contributed by atoms with van der Waals surface area (Å²) in [5, 5.41) is 9.15. The summed E-state index contributed by atoms with van der Waals surface area (Å²) < 4.78 is 13.7. The highest BCUT2D eigenvalue weighted by Crippen LogP contribution is 2.31. The van der Waals surface area contributed by atoms with Gasteiger partial charge >= 0.3 is 5.97 Å². The van der Waals surface area contributed by atoms with E-state index in [0.717, 1.165) is 11.8 Å². The van der Waals surface area contributed by atoms with Crippen LogP contribution in [0.25, 0.3) is 0 Å². The SMILES string of the molecule is Cc1ncnc(Sc2ccccc2C(=O)O)c1F. The molecule has 1 aromatic heterocycles. The molecule has 0 radical (unpaired) electrons.